The van der Waals surface area contributed by atoms with Crippen LogP contribution in [0.1, 0.15) is 60.3 Å². The molecule has 0 aliphatic carbocycles. The molecule has 0 saturated heterocycles. The summed E-state index contributed by atoms with van der Waals surface area (Å²) in [6, 6.07) is 13.9. The van der Waals surface area contributed by atoms with Crippen molar-refractivity contribution in [3.63, 3.8) is 0 Å². The van der Waals surface area contributed by atoms with Gasteiger partial charge in [-0.1, -0.05) is 44.0 Å². The van der Waals surface area contributed by atoms with Crippen molar-refractivity contribution in [3.05, 3.63) is 75.6 Å². The largest absolute Gasteiger partial charge is 0.494 e. The van der Waals surface area contributed by atoms with Crippen LogP contribution in [0.5, 0.6) is 5.75 Å². The number of para-hydroxylation sites is 1. The van der Waals surface area contributed by atoms with Gasteiger partial charge in [-0.3, -0.25) is 9.59 Å². The number of unbranched alkanes of at least 4 members (excludes halogenated alkanes) is 2. The molecule has 0 fully saturated rings. The number of amides is 1. The summed E-state index contributed by atoms with van der Waals surface area (Å²) in [5, 5.41) is 9.77. The number of carbonyl (C=O) groups excluding carboxylic acids is 1. The van der Waals surface area contributed by atoms with E-state index in [9.17, 15) is 14.7 Å². The van der Waals surface area contributed by atoms with Crippen molar-refractivity contribution in [2.24, 2.45) is 0 Å². The Morgan fingerprint density at radius 3 is 2.55 bits per heavy atom. The minimum Gasteiger partial charge on any atom is -0.494 e. The van der Waals surface area contributed by atoms with Crippen LogP contribution < -0.4 is 10.2 Å². The zero-order chi connectivity index (χ0) is 21.8. The fourth-order valence-corrected chi connectivity index (χ4v) is 4.07. The number of hydrogen-bond acceptors (Lipinski definition) is 5. The SMILES string of the molecule is CCCCCOc1ccc([C@@H]2c3c(oc4ccccc4c3=O)C(=O)N2CCCO)cc1. The number of ether oxygens (including phenoxy) is 1. The van der Waals surface area contributed by atoms with Crippen LogP contribution in [0.25, 0.3) is 11.0 Å². The summed E-state index contributed by atoms with van der Waals surface area (Å²) in [6.45, 7) is 3.10. The summed E-state index contributed by atoms with van der Waals surface area (Å²) in [6.07, 6.45) is 3.69. The molecule has 0 bridgehead atoms. The van der Waals surface area contributed by atoms with E-state index in [-0.39, 0.29) is 23.7 Å². The van der Waals surface area contributed by atoms with E-state index in [0.717, 1.165) is 30.6 Å². The van der Waals surface area contributed by atoms with Gasteiger partial charge in [0.1, 0.15) is 11.3 Å². The monoisotopic (exact) mass is 421 g/mol. The van der Waals surface area contributed by atoms with Gasteiger partial charge in [0.05, 0.1) is 23.6 Å². The molecule has 4 rings (SSSR count). The van der Waals surface area contributed by atoms with Crippen molar-refractivity contribution in [3.8, 4) is 5.75 Å². The van der Waals surface area contributed by atoms with E-state index in [0.29, 0.717) is 36.1 Å². The highest BCUT2D eigenvalue weighted by molar-refractivity contribution is 5.99. The van der Waals surface area contributed by atoms with Gasteiger partial charge in [-0.05, 0) is 42.7 Å². The van der Waals surface area contributed by atoms with Gasteiger partial charge < -0.3 is 19.2 Å². The molecular weight excluding hydrogens is 394 g/mol. The van der Waals surface area contributed by atoms with Crippen LogP contribution >= 0.6 is 0 Å². The van der Waals surface area contributed by atoms with Gasteiger partial charge in [-0.2, -0.15) is 0 Å². The Bertz CT molecular complexity index is 1120. The zero-order valence-corrected chi connectivity index (χ0v) is 17.7. The average molecular weight is 421 g/mol. The maximum atomic E-state index is 13.3. The van der Waals surface area contributed by atoms with Gasteiger partial charge in [0.2, 0.25) is 5.76 Å². The molecule has 3 aromatic rings. The summed E-state index contributed by atoms with van der Waals surface area (Å²) in [5.41, 5.74) is 1.38. The highest BCUT2D eigenvalue weighted by atomic mass is 16.5. The van der Waals surface area contributed by atoms with Gasteiger partial charge >= 0.3 is 0 Å². The van der Waals surface area contributed by atoms with Crippen molar-refractivity contribution in [1.82, 2.24) is 4.90 Å². The number of aliphatic hydroxyl groups excluding tert-OH is 1. The summed E-state index contributed by atoms with van der Waals surface area (Å²) >= 11 is 0. The third-order valence-corrected chi connectivity index (χ3v) is 5.64. The number of benzene rings is 2. The lowest BCUT2D eigenvalue weighted by molar-refractivity contribution is 0.0716. The highest BCUT2D eigenvalue weighted by Crippen LogP contribution is 2.38. The molecule has 2 aromatic carbocycles. The molecule has 6 nitrogen and oxygen atoms in total. The van der Waals surface area contributed by atoms with Gasteiger partial charge in [0, 0.05) is 13.2 Å². The van der Waals surface area contributed by atoms with E-state index in [1.165, 1.54) is 0 Å². The molecule has 1 aliphatic rings. The summed E-state index contributed by atoms with van der Waals surface area (Å²) in [5.74, 6) is 0.527. The second kappa shape index (κ2) is 9.35. The van der Waals surface area contributed by atoms with Crippen molar-refractivity contribution in [2.75, 3.05) is 19.8 Å². The van der Waals surface area contributed by atoms with Crippen LogP contribution in [0.2, 0.25) is 0 Å². The minimum atomic E-state index is -0.552. The minimum absolute atomic E-state index is 0.0409. The van der Waals surface area contributed by atoms with Crippen molar-refractivity contribution in [2.45, 2.75) is 38.6 Å². The number of carbonyl (C=O) groups is 1. The summed E-state index contributed by atoms with van der Waals surface area (Å²) < 4.78 is 11.7. The molecule has 0 spiro atoms. The fraction of sp³-hybridized carbons (Fsp3) is 0.360. The quantitative estimate of drug-likeness (QED) is 0.522. The van der Waals surface area contributed by atoms with Crippen LogP contribution in [-0.2, 0) is 0 Å². The first-order chi connectivity index (χ1) is 15.2. The number of nitrogens with zero attached hydrogens (tertiary/aromatic N) is 1. The lowest BCUT2D eigenvalue weighted by Gasteiger charge is -2.25. The van der Waals surface area contributed by atoms with Gasteiger partial charge in [0.25, 0.3) is 5.91 Å². The smallest absolute Gasteiger partial charge is 0.290 e. The van der Waals surface area contributed by atoms with Crippen molar-refractivity contribution in [1.29, 1.82) is 0 Å². The number of aliphatic hydroxyl groups is 1. The first kappa shape index (κ1) is 21.1. The predicted octanol–water partition coefficient (Wildman–Crippen LogP) is 4.29. The van der Waals surface area contributed by atoms with Crippen LogP contribution in [0.4, 0.5) is 0 Å². The standard InChI is InChI=1S/C25H27NO5/c1-2-3-6-16-30-18-12-10-17(11-13-18)22-21-23(28)19-8-4-5-9-20(19)31-24(21)25(29)26(22)14-7-15-27/h4-5,8-13,22,27H,2-3,6-7,14-16H2,1H3/t22-/m1/s1. The van der Waals surface area contributed by atoms with E-state index < -0.39 is 6.04 Å². The third-order valence-electron chi connectivity index (χ3n) is 5.64. The summed E-state index contributed by atoms with van der Waals surface area (Å²) in [4.78, 5) is 28.1. The van der Waals surface area contributed by atoms with E-state index in [4.69, 9.17) is 9.15 Å². The first-order valence-corrected chi connectivity index (χ1v) is 10.9. The molecular formula is C25H27NO5. The second-order valence-electron chi connectivity index (χ2n) is 7.77. The van der Waals surface area contributed by atoms with Crippen LogP contribution in [0.3, 0.4) is 0 Å². The first-order valence-electron chi connectivity index (χ1n) is 10.9. The van der Waals surface area contributed by atoms with Gasteiger partial charge in [-0.15, -0.1) is 0 Å². The lowest BCUT2D eigenvalue weighted by Crippen LogP contribution is -2.31. The van der Waals surface area contributed by atoms with Crippen LogP contribution in [-0.4, -0.2) is 35.7 Å². The Morgan fingerprint density at radius 1 is 1.03 bits per heavy atom. The molecule has 0 radical (unpaired) electrons. The predicted molar refractivity (Wildman–Crippen MR) is 119 cm³/mol. The lowest BCUT2D eigenvalue weighted by atomic mass is 9.98. The normalized spacial score (nSPS) is 15.5. The maximum absolute atomic E-state index is 13.3. The van der Waals surface area contributed by atoms with Crippen LogP contribution in [0, 0.1) is 0 Å². The van der Waals surface area contributed by atoms with E-state index >= 15 is 0 Å². The number of rotatable bonds is 9. The molecule has 1 atom stereocenters. The molecule has 162 valence electrons. The molecule has 0 saturated carbocycles. The molecule has 31 heavy (non-hydrogen) atoms. The third kappa shape index (κ3) is 4.08. The maximum Gasteiger partial charge on any atom is 0.290 e. The molecule has 1 aromatic heterocycles. The Hall–Kier alpha value is -3.12. The number of hydrogen-bond donors (Lipinski definition) is 1. The molecule has 1 amide bonds. The molecule has 6 heteroatoms. The molecule has 1 N–H and O–H groups in total. The second-order valence-corrected chi connectivity index (χ2v) is 7.77. The van der Waals surface area contributed by atoms with Crippen molar-refractivity contribution >= 4 is 16.9 Å². The Labute approximate surface area is 181 Å². The molecule has 0 unspecified atom stereocenters. The fourth-order valence-electron chi connectivity index (χ4n) is 4.07. The van der Waals surface area contributed by atoms with E-state index in [1.807, 2.05) is 24.3 Å². The Morgan fingerprint density at radius 2 is 1.81 bits per heavy atom. The van der Waals surface area contributed by atoms with E-state index in [1.54, 1.807) is 29.2 Å². The highest BCUT2D eigenvalue weighted by Gasteiger charge is 2.42. The van der Waals surface area contributed by atoms with Gasteiger partial charge in [-0.25, -0.2) is 0 Å². The van der Waals surface area contributed by atoms with Crippen LogP contribution in [0.15, 0.2) is 57.7 Å². The summed E-state index contributed by atoms with van der Waals surface area (Å²) in [7, 11) is 0. The van der Waals surface area contributed by atoms with E-state index in [2.05, 4.69) is 6.92 Å². The number of fused-ring (bicyclic) bond motifs is 2. The Balaban J connectivity index is 1.72. The van der Waals surface area contributed by atoms with Crippen molar-refractivity contribution < 1.29 is 19.1 Å². The topological polar surface area (TPSA) is 80.0 Å². The average Bonchev–Trinajstić information content (AvgIpc) is 3.08. The Kier molecular flexibility index (Phi) is 6.37. The van der Waals surface area contributed by atoms with Gasteiger partial charge in [0.15, 0.2) is 5.43 Å². The molecule has 1 aliphatic heterocycles. The molecule has 2 heterocycles. The zero-order valence-electron chi connectivity index (χ0n) is 17.7.